The molecule has 0 fully saturated rings. The molecule has 0 saturated carbocycles. The zero-order valence-electron chi connectivity index (χ0n) is 12.4. The first-order chi connectivity index (χ1) is 11.3. The fourth-order valence-electron chi connectivity index (χ4n) is 2.83. The van der Waals surface area contributed by atoms with Crippen LogP contribution in [0, 0.1) is 0 Å². The lowest BCUT2D eigenvalue weighted by atomic mass is 10.1. The van der Waals surface area contributed by atoms with E-state index < -0.39 is 0 Å². The van der Waals surface area contributed by atoms with Gasteiger partial charge in [0.2, 0.25) is 5.91 Å². The molecule has 0 aromatic carbocycles. The number of hydrogen-bond donors (Lipinski definition) is 1. The molecule has 4 rings (SSSR count). The van der Waals surface area contributed by atoms with Gasteiger partial charge in [-0.05, 0) is 18.6 Å². The number of fused-ring (bicyclic) bond motifs is 1. The molecule has 0 spiro atoms. The van der Waals surface area contributed by atoms with Gasteiger partial charge in [0.25, 0.3) is 0 Å². The Morgan fingerprint density at radius 3 is 3.35 bits per heavy atom. The van der Waals surface area contributed by atoms with Crippen LogP contribution in [0.4, 0.5) is 0 Å². The van der Waals surface area contributed by atoms with Gasteiger partial charge in [-0.15, -0.1) is 11.3 Å². The molecule has 1 aliphatic heterocycles. The zero-order chi connectivity index (χ0) is 15.6. The molecule has 0 radical (unpaired) electrons. The Morgan fingerprint density at radius 1 is 1.52 bits per heavy atom. The molecule has 0 unspecified atom stereocenters. The molecule has 6 nitrogen and oxygen atoms in total. The third kappa shape index (κ3) is 3.05. The third-order valence-electron chi connectivity index (χ3n) is 3.93. The number of hydrogen-bond acceptors (Lipinski definition) is 5. The van der Waals surface area contributed by atoms with E-state index in [2.05, 4.69) is 19.9 Å². The first-order valence-corrected chi connectivity index (χ1v) is 8.43. The number of aryl methyl sites for hydroxylation is 1. The Bertz CT molecular complexity index is 806. The predicted octanol–water partition coefficient (Wildman–Crippen LogP) is 2.27. The molecular weight excluding hydrogens is 312 g/mol. The molecule has 1 amide bonds. The molecule has 1 N–H and O–H groups in total. The van der Waals surface area contributed by atoms with Gasteiger partial charge < -0.3 is 14.3 Å². The molecule has 23 heavy (non-hydrogen) atoms. The molecule has 118 valence electrons. The van der Waals surface area contributed by atoms with Crippen LogP contribution in [0.5, 0.6) is 0 Å². The number of furan rings is 1. The molecule has 0 saturated heterocycles. The van der Waals surface area contributed by atoms with E-state index in [0.717, 1.165) is 41.7 Å². The van der Waals surface area contributed by atoms with Crippen molar-refractivity contribution in [2.24, 2.45) is 0 Å². The maximum absolute atomic E-state index is 12.2. The van der Waals surface area contributed by atoms with Crippen LogP contribution < -0.4 is 5.32 Å². The first-order valence-electron chi connectivity index (χ1n) is 7.55. The van der Waals surface area contributed by atoms with E-state index in [1.807, 2.05) is 29.9 Å². The average Bonchev–Trinajstić information content (AvgIpc) is 3.27. The van der Waals surface area contributed by atoms with Crippen molar-refractivity contribution in [3.8, 4) is 10.8 Å². The van der Waals surface area contributed by atoms with Crippen molar-refractivity contribution in [3.05, 3.63) is 47.7 Å². The summed E-state index contributed by atoms with van der Waals surface area (Å²) in [6.07, 6.45) is 7.52. The Labute approximate surface area is 137 Å². The predicted molar refractivity (Wildman–Crippen MR) is 86.0 cm³/mol. The van der Waals surface area contributed by atoms with Crippen LogP contribution in [-0.2, 0) is 24.2 Å². The number of thiazole rings is 1. The molecule has 4 heterocycles. The lowest BCUT2D eigenvalue weighted by molar-refractivity contribution is -0.121. The molecule has 3 aromatic heterocycles. The van der Waals surface area contributed by atoms with Crippen molar-refractivity contribution in [1.82, 2.24) is 19.9 Å². The minimum atomic E-state index is 0.00913. The normalized spacial score (nSPS) is 17.0. The second-order valence-electron chi connectivity index (χ2n) is 5.60. The molecule has 1 aliphatic rings. The van der Waals surface area contributed by atoms with Crippen molar-refractivity contribution < 1.29 is 9.21 Å². The van der Waals surface area contributed by atoms with Crippen molar-refractivity contribution in [1.29, 1.82) is 0 Å². The summed E-state index contributed by atoms with van der Waals surface area (Å²) in [4.78, 5) is 21.0. The highest BCUT2D eigenvalue weighted by molar-refractivity contribution is 7.13. The summed E-state index contributed by atoms with van der Waals surface area (Å²) < 4.78 is 7.43. The number of aromatic nitrogens is 3. The summed E-state index contributed by atoms with van der Waals surface area (Å²) in [5.41, 5.74) is 0.776. The van der Waals surface area contributed by atoms with E-state index in [9.17, 15) is 4.79 Å². The number of nitrogens with one attached hydrogen (secondary N) is 1. The summed E-state index contributed by atoms with van der Waals surface area (Å²) in [6, 6.07) is 3.86. The number of rotatable bonds is 4. The second kappa shape index (κ2) is 6.00. The summed E-state index contributed by atoms with van der Waals surface area (Å²) in [7, 11) is 0. The Balaban J connectivity index is 1.36. The van der Waals surface area contributed by atoms with Gasteiger partial charge in [-0.2, -0.15) is 0 Å². The van der Waals surface area contributed by atoms with Gasteiger partial charge in [-0.25, -0.2) is 9.97 Å². The topological polar surface area (TPSA) is 73.0 Å². The van der Waals surface area contributed by atoms with Crippen LogP contribution in [0.3, 0.4) is 0 Å². The Kier molecular flexibility index (Phi) is 3.70. The standard InChI is InChI=1S/C16H16N4O2S/c21-15(18-11-3-4-14-17-5-6-20(14)9-11)8-12-10-23-16(19-12)13-2-1-7-22-13/h1-2,5-7,10-11H,3-4,8-9H2,(H,18,21)/t11-/m0/s1. The van der Waals surface area contributed by atoms with Gasteiger partial charge in [-0.3, -0.25) is 4.79 Å². The summed E-state index contributed by atoms with van der Waals surface area (Å²) in [6.45, 7) is 0.787. The fourth-order valence-corrected chi connectivity index (χ4v) is 3.62. The quantitative estimate of drug-likeness (QED) is 0.797. The van der Waals surface area contributed by atoms with Crippen molar-refractivity contribution >= 4 is 17.2 Å². The van der Waals surface area contributed by atoms with Crippen molar-refractivity contribution in [3.63, 3.8) is 0 Å². The van der Waals surface area contributed by atoms with E-state index in [1.165, 1.54) is 11.3 Å². The lowest BCUT2D eigenvalue weighted by Crippen LogP contribution is -2.41. The fraction of sp³-hybridized carbons (Fsp3) is 0.312. The van der Waals surface area contributed by atoms with Gasteiger partial charge in [-0.1, -0.05) is 0 Å². The van der Waals surface area contributed by atoms with Gasteiger partial charge in [0, 0.05) is 36.8 Å². The number of carbonyl (C=O) groups excluding carboxylic acids is 1. The number of imidazole rings is 1. The van der Waals surface area contributed by atoms with E-state index in [0.29, 0.717) is 6.42 Å². The zero-order valence-corrected chi connectivity index (χ0v) is 13.3. The maximum Gasteiger partial charge on any atom is 0.226 e. The van der Waals surface area contributed by atoms with E-state index in [4.69, 9.17) is 4.42 Å². The van der Waals surface area contributed by atoms with E-state index in [1.54, 1.807) is 6.26 Å². The number of nitrogens with zero attached hydrogens (tertiary/aromatic N) is 3. The largest absolute Gasteiger partial charge is 0.462 e. The highest BCUT2D eigenvalue weighted by Gasteiger charge is 2.20. The van der Waals surface area contributed by atoms with Crippen molar-refractivity contribution in [2.75, 3.05) is 0 Å². The lowest BCUT2D eigenvalue weighted by Gasteiger charge is -2.24. The molecule has 1 atom stereocenters. The van der Waals surface area contributed by atoms with E-state index >= 15 is 0 Å². The SMILES string of the molecule is O=C(Cc1csc(-c2ccco2)n1)N[C@H]1CCc2nccn2C1. The highest BCUT2D eigenvalue weighted by atomic mass is 32.1. The van der Waals surface area contributed by atoms with Gasteiger partial charge in [0.05, 0.1) is 18.4 Å². The smallest absolute Gasteiger partial charge is 0.226 e. The molecule has 7 heteroatoms. The third-order valence-corrected chi connectivity index (χ3v) is 4.83. The minimum Gasteiger partial charge on any atom is -0.462 e. The highest BCUT2D eigenvalue weighted by Crippen LogP contribution is 2.24. The van der Waals surface area contributed by atoms with E-state index in [-0.39, 0.29) is 11.9 Å². The minimum absolute atomic E-state index is 0.00913. The molecule has 3 aromatic rings. The van der Waals surface area contributed by atoms with Crippen LogP contribution >= 0.6 is 11.3 Å². The van der Waals surface area contributed by atoms with Crippen molar-refractivity contribution in [2.45, 2.75) is 31.8 Å². The van der Waals surface area contributed by atoms with Crippen LogP contribution in [-0.4, -0.2) is 26.5 Å². The maximum atomic E-state index is 12.2. The summed E-state index contributed by atoms with van der Waals surface area (Å²) in [5.74, 6) is 1.84. The Hall–Kier alpha value is -2.41. The van der Waals surface area contributed by atoms with Gasteiger partial charge in [0.15, 0.2) is 10.8 Å². The summed E-state index contributed by atoms with van der Waals surface area (Å²) in [5, 5.41) is 5.81. The first kappa shape index (κ1) is 14.2. The molecular formula is C16H16N4O2S. The second-order valence-corrected chi connectivity index (χ2v) is 6.46. The Morgan fingerprint density at radius 2 is 2.48 bits per heavy atom. The molecule has 0 bridgehead atoms. The monoisotopic (exact) mass is 328 g/mol. The van der Waals surface area contributed by atoms with Gasteiger partial charge in [0.1, 0.15) is 5.82 Å². The van der Waals surface area contributed by atoms with Gasteiger partial charge >= 0.3 is 0 Å². The number of carbonyl (C=O) groups is 1. The van der Waals surface area contributed by atoms with Crippen LogP contribution in [0.15, 0.2) is 40.6 Å². The number of amides is 1. The van der Waals surface area contributed by atoms with Crippen LogP contribution in [0.1, 0.15) is 17.9 Å². The summed E-state index contributed by atoms with van der Waals surface area (Å²) >= 11 is 1.49. The van der Waals surface area contributed by atoms with Crippen LogP contribution in [0.2, 0.25) is 0 Å². The molecule has 0 aliphatic carbocycles. The van der Waals surface area contributed by atoms with Crippen LogP contribution in [0.25, 0.3) is 10.8 Å². The average molecular weight is 328 g/mol.